The van der Waals surface area contributed by atoms with E-state index in [1.54, 1.807) is 24.3 Å². The highest BCUT2D eigenvalue weighted by atomic mass is 35.5. The molecule has 0 bridgehead atoms. The van der Waals surface area contributed by atoms with Crippen molar-refractivity contribution in [2.75, 3.05) is 32.7 Å². The Morgan fingerprint density at radius 2 is 1.83 bits per heavy atom. The van der Waals surface area contributed by atoms with Crippen LogP contribution in [-0.2, 0) is 4.79 Å². The SMILES string of the molecule is CC(C)C(C)NC(=O)CN1CCN(C(=O)c2cccc(Cl)c2)CC1. The smallest absolute Gasteiger partial charge is 0.253 e. The zero-order valence-corrected chi connectivity index (χ0v) is 15.3. The van der Waals surface area contributed by atoms with Gasteiger partial charge in [-0.1, -0.05) is 31.5 Å². The predicted octanol–water partition coefficient (Wildman–Crippen LogP) is 2.26. The molecule has 1 saturated heterocycles. The number of halogens is 1. The van der Waals surface area contributed by atoms with Crippen molar-refractivity contribution in [2.24, 2.45) is 5.92 Å². The van der Waals surface area contributed by atoms with Crippen LogP contribution in [0.25, 0.3) is 0 Å². The summed E-state index contributed by atoms with van der Waals surface area (Å²) in [6.07, 6.45) is 0. The Labute approximate surface area is 149 Å². The van der Waals surface area contributed by atoms with Gasteiger partial charge in [0.2, 0.25) is 5.91 Å². The second kappa shape index (κ2) is 8.49. The molecule has 5 nitrogen and oxygen atoms in total. The highest BCUT2D eigenvalue weighted by molar-refractivity contribution is 6.30. The third-order valence-corrected chi connectivity index (χ3v) is 4.72. The molecule has 1 unspecified atom stereocenters. The number of nitrogens with one attached hydrogen (secondary N) is 1. The van der Waals surface area contributed by atoms with Crippen molar-refractivity contribution < 1.29 is 9.59 Å². The van der Waals surface area contributed by atoms with Gasteiger partial charge in [-0.2, -0.15) is 0 Å². The summed E-state index contributed by atoms with van der Waals surface area (Å²) in [4.78, 5) is 28.4. The van der Waals surface area contributed by atoms with Gasteiger partial charge in [0.25, 0.3) is 5.91 Å². The van der Waals surface area contributed by atoms with Gasteiger partial charge in [0.1, 0.15) is 0 Å². The Bertz CT molecular complexity index is 583. The van der Waals surface area contributed by atoms with Gasteiger partial charge in [-0.15, -0.1) is 0 Å². The first-order chi connectivity index (χ1) is 11.4. The molecule has 1 atom stereocenters. The van der Waals surface area contributed by atoms with Gasteiger partial charge in [-0.3, -0.25) is 14.5 Å². The first kappa shape index (κ1) is 18.7. The van der Waals surface area contributed by atoms with Crippen LogP contribution in [0.3, 0.4) is 0 Å². The molecule has 2 amide bonds. The topological polar surface area (TPSA) is 52.7 Å². The van der Waals surface area contributed by atoms with E-state index < -0.39 is 0 Å². The lowest BCUT2D eigenvalue weighted by Gasteiger charge is -2.34. The van der Waals surface area contributed by atoms with E-state index in [1.807, 2.05) is 11.8 Å². The van der Waals surface area contributed by atoms with E-state index in [0.29, 0.717) is 49.2 Å². The standard InChI is InChI=1S/C18H26ClN3O2/c1-13(2)14(3)20-17(23)12-21-7-9-22(10-8-21)18(24)15-5-4-6-16(19)11-15/h4-6,11,13-14H,7-10,12H2,1-3H3,(H,20,23). The molecule has 1 N–H and O–H groups in total. The van der Waals surface area contributed by atoms with E-state index in [1.165, 1.54) is 0 Å². The molecular weight excluding hydrogens is 326 g/mol. The Kier molecular flexibility index (Phi) is 6.63. The van der Waals surface area contributed by atoms with Crippen LogP contribution in [0.4, 0.5) is 0 Å². The summed E-state index contributed by atoms with van der Waals surface area (Å²) in [7, 11) is 0. The Hall–Kier alpha value is -1.59. The van der Waals surface area contributed by atoms with Crippen molar-refractivity contribution in [1.29, 1.82) is 0 Å². The maximum absolute atomic E-state index is 12.5. The van der Waals surface area contributed by atoms with Crippen LogP contribution in [0.5, 0.6) is 0 Å². The van der Waals surface area contributed by atoms with Gasteiger partial charge in [0.15, 0.2) is 0 Å². The molecule has 1 aromatic carbocycles. The summed E-state index contributed by atoms with van der Waals surface area (Å²) < 4.78 is 0. The van der Waals surface area contributed by atoms with E-state index in [0.717, 1.165) is 0 Å². The number of hydrogen-bond acceptors (Lipinski definition) is 3. The molecule has 1 heterocycles. The average molecular weight is 352 g/mol. The zero-order chi connectivity index (χ0) is 17.7. The lowest BCUT2D eigenvalue weighted by Crippen LogP contribution is -2.52. The van der Waals surface area contributed by atoms with E-state index in [4.69, 9.17) is 11.6 Å². The van der Waals surface area contributed by atoms with E-state index in [9.17, 15) is 9.59 Å². The molecule has 24 heavy (non-hydrogen) atoms. The number of benzene rings is 1. The summed E-state index contributed by atoms with van der Waals surface area (Å²) in [6, 6.07) is 7.18. The van der Waals surface area contributed by atoms with E-state index >= 15 is 0 Å². The normalized spacial score (nSPS) is 17.0. The van der Waals surface area contributed by atoms with Crippen molar-refractivity contribution in [3.8, 4) is 0 Å². The molecule has 0 aliphatic carbocycles. The third-order valence-electron chi connectivity index (χ3n) is 4.49. The van der Waals surface area contributed by atoms with Crippen LogP contribution in [0.1, 0.15) is 31.1 Å². The average Bonchev–Trinajstić information content (AvgIpc) is 2.54. The molecule has 0 spiro atoms. The zero-order valence-electron chi connectivity index (χ0n) is 14.6. The van der Waals surface area contributed by atoms with Gasteiger partial charge in [0.05, 0.1) is 6.54 Å². The fourth-order valence-electron chi connectivity index (χ4n) is 2.58. The summed E-state index contributed by atoms with van der Waals surface area (Å²) in [6.45, 7) is 9.24. The number of carbonyl (C=O) groups is 2. The van der Waals surface area contributed by atoms with Gasteiger partial charge in [-0.25, -0.2) is 0 Å². The van der Waals surface area contributed by atoms with Gasteiger partial charge >= 0.3 is 0 Å². The molecule has 132 valence electrons. The Morgan fingerprint density at radius 1 is 1.17 bits per heavy atom. The fraction of sp³-hybridized carbons (Fsp3) is 0.556. The maximum atomic E-state index is 12.5. The highest BCUT2D eigenvalue weighted by Crippen LogP contribution is 2.14. The van der Waals surface area contributed by atoms with Crippen LogP contribution >= 0.6 is 11.6 Å². The van der Waals surface area contributed by atoms with Crippen LogP contribution < -0.4 is 5.32 Å². The Balaban J connectivity index is 1.81. The Morgan fingerprint density at radius 3 is 2.42 bits per heavy atom. The van der Waals surface area contributed by atoms with E-state index in [-0.39, 0.29) is 17.9 Å². The number of rotatable bonds is 5. The number of hydrogen-bond donors (Lipinski definition) is 1. The number of piperazine rings is 1. The lowest BCUT2D eigenvalue weighted by molar-refractivity contribution is -0.123. The fourth-order valence-corrected chi connectivity index (χ4v) is 2.77. The van der Waals surface area contributed by atoms with E-state index in [2.05, 4.69) is 24.1 Å². The van der Waals surface area contributed by atoms with Crippen molar-refractivity contribution in [3.63, 3.8) is 0 Å². The largest absolute Gasteiger partial charge is 0.352 e. The lowest BCUT2D eigenvalue weighted by atomic mass is 10.1. The summed E-state index contributed by atoms with van der Waals surface area (Å²) in [5, 5.41) is 3.58. The minimum atomic E-state index is -0.00460. The first-order valence-electron chi connectivity index (χ1n) is 8.43. The quantitative estimate of drug-likeness (QED) is 0.885. The van der Waals surface area contributed by atoms with Crippen LogP contribution in [0, 0.1) is 5.92 Å². The molecule has 1 aliphatic heterocycles. The van der Waals surface area contributed by atoms with Gasteiger partial charge in [0, 0.05) is 42.8 Å². The molecule has 0 saturated carbocycles. The van der Waals surface area contributed by atoms with Crippen LogP contribution in [0.15, 0.2) is 24.3 Å². The summed E-state index contributed by atoms with van der Waals surface area (Å²) >= 11 is 5.95. The molecule has 1 aliphatic rings. The van der Waals surface area contributed by atoms with Crippen molar-refractivity contribution in [1.82, 2.24) is 15.1 Å². The highest BCUT2D eigenvalue weighted by Gasteiger charge is 2.23. The second-order valence-electron chi connectivity index (χ2n) is 6.68. The predicted molar refractivity (Wildman–Crippen MR) is 96.2 cm³/mol. The molecule has 2 rings (SSSR count). The monoisotopic (exact) mass is 351 g/mol. The minimum Gasteiger partial charge on any atom is -0.352 e. The maximum Gasteiger partial charge on any atom is 0.253 e. The number of carbonyl (C=O) groups excluding carboxylic acids is 2. The van der Waals surface area contributed by atoms with Crippen molar-refractivity contribution in [2.45, 2.75) is 26.8 Å². The number of amides is 2. The van der Waals surface area contributed by atoms with Gasteiger partial charge in [-0.05, 0) is 31.0 Å². The first-order valence-corrected chi connectivity index (χ1v) is 8.81. The summed E-state index contributed by atoms with van der Waals surface area (Å²) in [5.41, 5.74) is 0.611. The van der Waals surface area contributed by atoms with Gasteiger partial charge < -0.3 is 10.2 Å². The van der Waals surface area contributed by atoms with Crippen molar-refractivity contribution >= 4 is 23.4 Å². The minimum absolute atomic E-state index is 0.00460. The molecule has 0 aromatic heterocycles. The van der Waals surface area contributed by atoms with Crippen LogP contribution in [0.2, 0.25) is 5.02 Å². The molecule has 1 aromatic rings. The third kappa shape index (κ3) is 5.21. The molecule has 6 heteroatoms. The number of nitrogens with zero attached hydrogens (tertiary/aromatic N) is 2. The molecule has 1 fully saturated rings. The summed E-state index contributed by atoms with van der Waals surface area (Å²) in [5.74, 6) is 0.460. The van der Waals surface area contributed by atoms with Crippen molar-refractivity contribution in [3.05, 3.63) is 34.9 Å². The molecular formula is C18H26ClN3O2. The van der Waals surface area contributed by atoms with Crippen LogP contribution in [-0.4, -0.2) is 60.4 Å². The molecule has 0 radical (unpaired) electrons. The second-order valence-corrected chi connectivity index (χ2v) is 7.12.